The van der Waals surface area contributed by atoms with Crippen LogP contribution < -0.4 is 28.9 Å². The molecule has 0 fully saturated rings. The number of hydrogen-bond acceptors (Lipinski definition) is 7. The van der Waals surface area contributed by atoms with Crippen molar-refractivity contribution in [2.24, 2.45) is 0 Å². The summed E-state index contributed by atoms with van der Waals surface area (Å²) in [7, 11) is -0.423. The van der Waals surface area contributed by atoms with Gasteiger partial charge in [-0.3, -0.25) is 9.36 Å². The lowest BCUT2D eigenvalue weighted by Gasteiger charge is -2.23. The van der Waals surface area contributed by atoms with Gasteiger partial charge in [0.15, 0.2) is 11.5 Å². The highest BCUT2D eigenvalue weighted by molar-refractivity contribution is 7.45. The smallest absolute Gasteiger partial charge is 0.317 e. The second-order valence-electron chi connectivity index (χ2n) is 6.78. The molecule has 0 bridgehead atoms. The minimum atomic E-state index is -4.99. The number of hydrogen-bond donors (Lipinski definition) is 2. The molecule has 0 saturated heterocycles. The second kappa shape index (κ2) is 8.55. The van der Waals surface area contributed by atoms with Gasteiger partial charge >= 0.3 is 7.82 Å². The molecule has 1 amide bonds. The summed E-state index contributed by atoms with van der Waals surface area (Å²) in [4.78, 5) is 32.1. The molecule has 0 heterocycles. The summed E-state index contributed by atoms with van der Waals surface area (Å²) < 4.78 is 32.5. The standard InChI is InChI=1S/C20H24NO8P/c1-11(22)21-16-8-5-12-9-17(26-2)19(27-3)20(28-4)18(12)14-7-6-13(10-15(14)16)29-30(23,24)25/h6-7,9-10,16H,5,8H2,1-4H3,(H,21,22)(H2,23,24,25)/p-1/t16-/m0/s1. The number of amides is 1. The zero-order valence-corrected chi connectivity index (χ0v) is 17.9. The lowest BCUT2D eigenvalue weighted by atomic mass is 9.93. The SMILES string of the molecule is COc1cc2c(c(OC)c1OC)-c1ccc(OP(=O)([O-])O)cc1[C@@H](NC(C)=O)CC2. The van der Waals surface area contributed by atoms with E-state index in [2.05, 4.69) is 9.84 Å². The molecule has 2 aromatic rings. The summed E-state index contributed by atoms with van der Waals surface area (Å²) in [5.74, 6) is 1.10. The molecule has 0 aliphatic heterocycles. The van der Waals surface area contributed by atoms with E-state index in [4.69, 9.17) is 19.1 Å². The first kappa shape index (κ1) is 22.0. The van der Waals surface area contributed by atoms with Crippen molar-refractivity contribution in [1.82, 2.24) is 5.32 Å². The normalized spacial score (nSPS) is 16.9. The Morgan fingerprint density at radius 1 is 1.17 bits per heavy atom. The van der Waals surface area contributed by atoms with Gasteiger partial charge in [0.05, 0.1) is 27.4 Å². The molecule has 0 aromatic heterocycles. The maximum atomic E-state index is 11.8. The number of rotatable bonds is 6. The zero-order valence-electron chi connectivity index (χ0n) is 17.1. The van der Waals surface area contributed by atoms with Crippen molar-refractivity contribution in [1.29, 1.82) is 0 Å². The quantitative estimate of drug-likeness (QED) is 0.661. The Hall–Kier alpha value is -2.74. The largest absolute Gasteiger partial charge is 0.746 e. The van der Waals surface area contributed by atoms with Gasteiger partial charge < -0.3 is 33.8 Å². The molecule has 1 aliphatic carbocycles. The van der Waals surface area contributed by atoms with Gasteiger partial charge in [-0.25, -0.2) is 0 Å². The number of ether oxygens (including phenoxy) is 3. The van der Waals surface area contributed by atoms with E-state index in [-0.39, 0.29) is 11.7 Å². The Kier molecular flexibility index (Phi) is 6.26. The van der Waals surface area contributed by atoms with Crippen LogP contribution in [-0.2, 0) is 15.8 Å². The minimum Gasteiger partial charge on any atom is -0.746 e. The fourth-order valence-electron chi connectivity index (χ4n) is 3.80. The van der Waals surface area contributed by atoms with Crippen LogP contribution in [0.5, 0.6) is 23.0 Å². The highest BCUT2D eigenvalue weighted by Gasteiger charge is 2.29. The van der Waals surface area contributed by atoms with E-state index in [1.165, 1.54) is 40.4 Å². The summed E-state index contributed by atoms with van der Waals surface area (Å²) in [6, 6.07) is 6.02. The van der Waals surface area contributed by atoms with Gasteiger partial charge in [0, 0.05) is 12.5 Å². The van der Waals surface area contributed by atoms with Gasteiger partial charge in [0.2, 0.25) is 11.7 Å². The number of fused-ring (bicyclic) bond motifs is 3. The van der Waals surface area contributed by atoms with Gasteiger partial charge in [-0.05, 0) is 47.7 Å². The molecule has 0 radical (unpaired) electrons. The number of benzene rings is 2. The van der Waals surface area contributed by atoms with Crippen molar-refractivity contribution in [3.63, 3.8) is 0 Å². The monoisotopic (exact) mass is 436 g/mol. The van der Waals surface area contributed by atoms with Gasteiger partial charge in [0.1, 0.15) is 5.75 Å². The van der Waals surface area contributed by atoms with Gasteiger partial charge in [-0.2, -0.15) is 0 Å². The molecule has 0 spiro atoms. The summed E-state index contributed by atoms with van der Waals surface area (Å²) in [5.41, 5.74) is 3.01. The van der Waals surface area contributed by atoms with Crippen molar-refractivity contribution in [2.75, 3.05) is 21.3 Å². The highest BCUT2D eigenvalue weighted by Crippen LogP contribution is 2.51. The van der Waals surface area contributed by atoms with Crippen molar-refractivity contribution < 1.29 is 37.9 Å². The van der Waals surface area contributed by atoms with Crippen molar-refractivity contribution in [2.45, 2.75) is 25.8 Å². The van der Waals surface area contributed by atoms with Crippen LogP contribution in [0.25, 0.3) is 11.1 Å². The molecule has 1 unspecified atom stereocenters. The van der Waals surface area contributed by atoms with E-state index < -0.39 is 13.9 Å². The molecule has 2 N–H and O–H groups in total. The summed E-state index contributed by atoms with van der Waals surface area (Å²) in [5, 5.41) is 2.89. The summed E-state index contributed by atoms with van der Waals surface area (Å²) in [6.07, 6.45) is 1.12. The molecule has 1 aliphatic rings. The first-order valence-electron chi connectivity index (χ1n) is 9.15. The van der Waals surface area contributed by atoms with Gasteiger partial charge in [0.25, 0.3) is 0 Å². The average molecular weight is 436 g/mol. The van der Waals surface area contributed by atoms with Crippen LogP contribution in [0.2, 0.25) is 0 Å². The summed E-state index contributed by atoms with van der Waals surface area (Å²) >= 11 is 0. The van der Waals surface area contributed by atoms with E-state index in [1.54, 1.807) is 6.07 Å². The molecule has 162 valence electrons. The topological polar surface area (TPSA) is 126 Å². The molecular formula is C20H23NO8P-. The fourth-order valence-corrected chi connectivity index (χ4v) is 4.18. The Balaban J connectivity index is 2.28. The van der Waals surface area contributed by atoms with E-state index >= 15 is 0 Å². The van der Waals surface area contributed by atoms with Crippen molar-refractivity contribution in [3.05, 3.63) is 35.4 Å². The number of aryl methyl sites for hydroxylation is 1. The number of carbonyl (C=O) groups is 1. The van der Waals surface area contributed by atoms with E-state index in [0.29, 0.717) is 41.2 Å². The molecule has 30 heavy (non-hydrogen) atoms. The van der Waals surface area contributed by atoms with Crippen LogP contribution in [0.15, 0.2) is 24.3 Å². The van der Waals surface area contributed by atoms with E-state index in [1.807, 2.05) is 6.07 Å². The van der Waals surface area contributed by atoms with Crippen LogP contribution in [0, 0.1) is 0 Å². The lowest BCUT2D eigenvalue weighted by Crippen LogP contribution is -2.26. The zero-order chi connectivity index (χ0) is 22.1. The molecular weight excluding hydrogens is 413 g/mol. The first-order valence-corrected chi connectivity index (χ1v) is 10.6. The lowest BCUT2D eigenvalue weighted by molar-refractivity contribution is -0.211. The number of carbonyl (C=O) groups excluding carboxylic acids is 1. The van der Waals surface area contributed by atoms with Crippen molar-refractivity contribution in [3.8, 4) is 34.1 Å². The third kappa shape index (κ3) is 4.38. The maximum Gasteiger partial charge on any atom is 0.317 e. The Labute approximate surface area is 174 Å². The average Bonchev–Trinajstić information content (AvgIpc) is 2.82. The van der Waals surface area contributed by atoms with E-state index in [0.717, 1.165) is 11.1 Å². The molecule has 2 aromatic carbocycles. The van der Waals surface area contributed by atoms with Gasteiger partial charge in [-0.15, -0.1) is 0 Å². The Bertz CT molecular complexity index is 1020. The van der Waals surface area contributed by atoms with Crippen LogP contribution in [0.3, 0.4) is 0 Å². The number of nitrogens with one attached hydrogen (secondary N) is 1. The van der Waals surface area contributed by atoms with Gasteiger partial charge in [-0.1, -0.05) is 6.07 Å². The van der Waals surface area contributed by atoms with Crippen LogP contribution >= 0.6 is 7.82 Å². The van der Waals surface area contributed by atoms with Crippen LogP contribution in [-0.4, -0.2) is 32.1 Å². The third-order valence-electron chi connectivity index (χ3n) is 4.88. The number of phosphoric ester groups is 1. The molecule has 3 rings (SSSR count). The van der Waals surface area contributed by atoms with E-state index in [9.17, 15) is 14.3 Å². The Morgan fingerprint density at radius 3 is 2.43 bits per heavy atom. The maximum absolute atomic E-state index is 11.8. The van der Waals surface area contributed by atoms with Crippen molar-refractivity contribution >= 4 is 13.7 Å². The molecule has 2 atom stereocenters. The minimum absolute atomic E-state index is 0.0622. The molecule has 10 heteroatoms. The predicted octanol–water partition coefficient (Wildman–Crippen LogP) is 2.34. The number of methoxy groups -OCH3 is 3. The first-order chi connectivity index (χ1) is 14.2. The highest BCUT2D eigenvalue weighted by atomic mass is 31.2. The third-order valence-corrected chi connectivity index (χ3v) is 5.32. The predicted molar refractivity (Wildman–Crippen MR) is 107 cm³/mol. The number of phosphoric acid groups is 1. The second-order valence-corrected chi connectivity index (χ2v) is 7.90. The Morgan fingerprint density at radius 2 is 1.87 bits per heavy atom. The summed E-state index contributed by atoms with van der Waals surface area (Å²) in [6.45, 7) is 1.41. The van der Waals surface area contributed by atoms with Crippen LogP contribution in [0.1, 0.15) is 30.5 Å². The molecule has 0 saturated carbocycles. The molecule has 9 nitrogen and oxygen atoms in total. The fraction of sp³-hybridized carbons (Fsp3) is 0.350. The van der Waals surface area contributed by atoms with Crippen LogP contribution in [0.4, 0.5) is 0 Å².